The summed E-state index contributed by atoms with van der Waals surface area (Å²) in [5, 5.41) is 12.2. The highest BCUT2D eigenvalue weighted by atomic mass is 19.4. The number of hydrogen-bond donors (Lipinski definition) is 2. The Hall–Kier alpha value is -1.83. The van der Waals surface area contributed by atoms with Crippen LogP contribution >= 0.6 is 0 Å². The number of nitrogens with one attached hydrogen (secondary N) is 1. The van der Waals surface area contributed by atoms with Crippen molar-refractivity contribution in [1.29, 1.82) is 0 Å². The van der Waals surface area contributed by atoms with E-state index in [1.54, 1.807) is 6.92 Å². The summed E-state index contributed by atoms with van der Waals surface area (Å²) >= 11 is 0. The summed E-state index contributed by atoms with van der Waals surface area (Å²) in [6.45, 7) is 0.149. The summed E-state index contributed by atoms with van der Waals surface area (Å²) < 4.78 is 40.5. The van der Waals surface area contributed by atoms with E-state index in [4.69, 9.17) is 0 Å². The van der Waals surface area contributed by atoms with Crippen LogP contribution in [0, 0.1) is 5.92 Å². The minimum Gasteiger partial charge on any atom is -0.468 e. The zero-order valence-corrected chi connectivity index (χ0v) is 12.0. The molecule has 0 radical (unpaired) electrons. The van der Waals surface area contributed by atoms with Crippen molar-refractivity contribution in [2.24, 2.45) is 5.92 Å². The van der Waals surface area contributed by atoms with Crippen LogP contribution in [0.2, 0.25) is 0 Å². The lowest BCUT2D eigenvalue weighted by molar-refractivity contribution is -0.154. The molecule has 1 saturated carbocycles. The number of aliphatic hydroxyl groups is 1. The molecule has 8 heteroatoms. The number of carbonyl (C=O) groups excluding carboxylic acids is 1. The van der Waals surface area contributed by atoms with E-state index in [2.05, 4.69) is 15.0 Å². The highest BCUT2D eigenvalue weighted by Gasteiger charge is 2.42. The van der Waals surface area contributed by atoms with Crippen LogP contribution in [0.3, 0.4) is 0 Å². The Bertz CT molecular complexity index is 529. The second-order valence-electron chi connectivity index (χ2n) is 5.59. The maximum Gasteiger partial charge on any atom is 0.422 e. The van der Waals surface area contributed by atoms with Gasteiger partial charge in [-0.2, -0.15) is 13.2 Å². The molecule has 1 aliphatic rings. The number of nitrogens with zero attached hydrogens (tertiary/aromatic N) is 1. The highest BCUT2D eigenvalue weighted by Crippen LogP contribution is 2.39. The largest absolute Gasteiger partial charge is 0.468 e. The van der Waals surface area contributed by atoms with E-state index in [0.29, 0.717) is 0 Å². The molecule has 2 rings (SSSR count). The normalized spacial score (nSPS) is 17.7. The van der Waals surface area contributed by atoms with Gasteiger partial charge in [-0.15, -0.1) is 0 Å². The summed E-state index contributed by atoms with van der Waals surface area (Å²) in [5.41, 5.74) is -0.498. The van der Waals surface area contributed by atoms with Gasteiger partial charge in [-0.25, -0.2) is 4.98 Å². The first kappa shape index (κ1) is 16.5. The van der Waals surface area contributed by atoms with Crippen molar-refractivity contribution in [1.82, 2.24) is 10.3 Å². The molecular formula is C14H17F3N2O3. The SMILES string of the molecule is CC(CO)(NC(=O)c1ccc(OCC(F)(F)F)nc1)C1CC1. The van der Waals surface area contributed by atoms with Gasteiger partial charge in [0, 0.05) is 12.3 Å². The van der Waals surface area contributed by atoms with Gasteiger partial charge in [0.15, 0.2) is 6.61 Å². The third-order valence-corrected chi connectivity index (χ3v) is 3.59. The van der Waals surface area contributed by atoms with E-state index >= 15 is 0 Å². The minimum absolute atomic E-state index is 0.177. The number of halogens is 3. The number of amides is 1. The lowest BCUT2D eigenvalue weighted by Crippen LogP contribution is -2.50. The molecule has 1 aromatic heterocycles. The van der Waals surface area contributed by atoms with Gasteiger partial charge in [0.2, 0.25) is 5.88 Å². The molecule has 22 heavy (non-hydrogen) atoms. The highest BCUT2D eigenvalue weighted by molar-refractivity contribution is 5.94. The second kappa shape index (κ2) is 6.12. The van der Waals surface area contributed by atoms with Crippen molar-refractivity contribution in [2.75, 3.05) is 13.2 Å². The molecular weight excluding hydrogens is 301 g/mol. The number of carbonyl (C=O) groups is 1. The summed E-state index contributed by atoms with van der Waals surface area (Å²) in [4.78, 5) is 15.8. The molecule has 1 unspecified atom stereocenters. The van der Waals surface area contributed by atoms with Crippen molar-refractivity contribution < 1.29 is 27.8 Å². The molecule has 1 heterocycles. The predicted octanol–water partition coefficient (Wildman–Crippen LogP) is 1.91. The van der Waals surface area contributed by atoms with Crippen LogP contribution in [0.15, 0.2) is 18.3 Å². The number of aromatic nitrogens is 1. The molecule has 1 amide bonds. The van der Waals surface area contributed by atoms with Gasteiger partial charge in [0.1, 0.15) is 0 Å². The molecule has 0 spiro atoms. The van der Waals surface area contributed by atoms with E-state index in [0.717, 1.165) is 19.0 Å². The average molecular weight is 318 g/mol. The number of alkyl halides is 3. The molecule has 0 aromatic carbocycles. The fraction of sp³-hybridized carbons (Fsp3) is 0.571. The molecule has 0 bridgehead atoms. The van der Waals surface area contributed by atoms with Crippen LogP contribution in [-0.4, -0.2) is 40.9 Å². The molecule has 122 valence electrons. The van der Waals surface area contributed by atoms with Crippen LogP contribution in [0.5, 0.6) is 5.88 Å². The Balaban J connectivity index is 1.96. The first-order chi connectivity index (χ1) is 10.2. The Morgan fingerprint density at radius 2 is 2.14 bits per heavy atom. The Morgan fingerprint density at radius 1 is 1.45 bits per heavy atom. The molecule has 1 atom stereocenters. The topological polar surface area (TPSA) is 71.5 Å². The van der Waals surface area contributed by atoms with Crippen molar-refractivity contribution in [3.8, 4) is 5.88 Å². The molecule has 1 aliphatic carbocycles. The van der Waals surface area contributed by atoms with Crippen molar-refractivity contribution in [2.45, 2.75) is 31.5 Å². The number of ether oxygens (including phenoxy) is 1. The van der Waals surface area contributed by atoms with Gasteiger partial charge in [-0.1, -0.05) is 0 Å². The van der Waals surface area contributed by atoms with E-state index in [1.165, 1.54) is 12.1 Å². The molecule has 0 aliphatic heterocycles. The fourth-order valence-corrected chi connectivity index (χ4v) is 2.08. The Labute approximate surface area is 125 Å². The van der Waals surface area contributed by atoms with Gasteiger partial charge in [-0.3, -0.25) is 4.79 Å². The van der Waals surface area contributed by atoms with E-state index < -0.39 is 24.2 Å². The van der Waals surface area contributed by atoms with Crippen LogP contribution in [-0.2, 0) is 0 Å². The van der Waals surface area contributed by atoms with Crippen molar-refractivity contribution >= 4 is 5.91 Å². The lowest BCUT2D eigenvalue weighted by atomic mass is 9.96. The van der Waals surface area contributed by atoms with E-state index in [-0.39, 0.29) is 24.0 Å². The quantitative estimate of drug-likeness (QED) is 0.840. The maximum atomic E-state index is 12.1. The third kappa shape index (κ3) is 4.33. The summed E-state index contributed by atoms with van der Waals surface area (Å²) in [6, 6.07) is 2.53. The van der Waals surface area contributed by atoms with Gasteiger partial charge >= 0.3 is 6.18 Å². The van der Waals surface area contributed by atoms with Crippen LogP contribution in [0.1, 0.15) is 30.1 Å². The van der Waals surface area contributed by atoms with Crippen LogP contribution < -0.4 is 10.1 Å². The average Bonchev–Trinajstić information content (AvgIpc) is 3.29. The summed E-state index contributed by atoms with van der Waals surface area (Å²) in [6.07, 6.45) is -1.41. The minimum atomic E-state index is -4.44. The van der Waals surface area contributed by atoms with Crippen LogP contribution in [0.25, 0.3) is 0 Å². The fourth-order valence-electron chi connectivity index (χ4n) is 2.08. The first-order valence-corrected chi connectivity index (χ1v) is 6.82. The molecule has 2 N–H and O–H groups in total. The van der Waals surface area contributed by atoms with Crippen molar-refractivity contribution in [3.63, 3.8) is 0 Å². The monoisotopic (exact) mass is 318 g/mol. The maximum absolute atomic E-state index is 12.1. The van der Waals surface area contributed by atoms with Gasteiger partial charge in [0.25, 0.3) is 5.91 Å². The summed E-state index contributed by atoms with van der Waals surface area (Å²) in [5.74, 6) is -0.400. The van der Waals surface area contributed by atoms with E-state index in [1.807, 2.05) is 0 Å². The lowest BCUT2D eigenvalue weighted by Gasteiger charge is -2.28. The zero-order valence-electron chi connectivity index (χ0n) is 12.0. The van der Waals surface area contributed by atoms with Crippen LogP contribution in [0.4, 0.5) is 13.2 Å². The summed E-state index contributed by atoms with van der Waals surface area (Å²) in [7, 11) is 0. The second-order valence-corrected chi connectivity index (χ2v) is 5.59. The number of hydrogen-bond acceptors (Lipinski definition) is 4. The standard InChI is InChI=1S/C14H17F3N2O3/c1-13(7-20,10-3-4-10)19-12(21)9-2-5-11(18-6-9)22-8-14(15,16)17/h2,5-6,10,20H,3-4,7-8H2,1H3,(H,19,21). The Morgan fingerprint density at radius 3 is 2.59 bits per heavy atom. The van der Waals surface area contributed by atoms with E-state index in [9.17, 15) is 23.1 Å². The van der Waals surface area contributed by atoms with Gasteiger partial charge in [0.05, 0.1) is 17.7 Å². The number of pyridine rings is 1. The zero-order chi connectivity index (χ0) is 16.4. The molecule has 0 saturated heterocycles. The number of aliphatic hydroxyl groups excluding tert-OH is 1. The molecule has 1 fully saturated rings. The van der Waals surface area contributed by atoms with Gasteiger partial charge < -0.3 is 15.2 Å². The third-order valence-electron chi connectivity index (χ3n) is 3.59. The number of rotatable bonds is 6. The van der Waals surface area contributed by atoms with Gasteiger partial charge in [-0.05, 0) is 31.7 Å². The molecule has 1 aromatic rings. The molecule has 5 nitrogen and oxygen atoms in total. The smallest absolute Gasteiger partial charge is 0.422 e. The van der Waals surface area contributed by atoms with Crippen molar-refractivity contribution in [3.05, 3.63) is 23.9 Å². The first-order valence-electron chi connectivity index (χ1n) is 6.82. The predicted molar refractivity (Wildman–Crippen MR) is 71.5 cm³/mol. The Kier molecular flexibility index (Phi) is 4.60.